The number of hydrogen-bond acceptors (Lipinski definition) is 4. The van der Waals surface area contributed by atoms with E-state index in [1.54, 1.807) is 13.3 Å². The summed E-state index contributed by atoms with van der Waals surface area (Å²) in [4.78, 5) is 11.4. The van der Waals surface area contributed by atoms with Gasteiger partial charge in [0.2, 0.25) is 5.89 Å². The number of rotatable bonds is 5. The molecule has 0 radical (unpaired) electrons. The molecule has 0 amide bonds. The van der Waals surface area contributed by atoms with Gasteiger partial charge in [0.15, 0.2) is 5.96 Å². The minimum absolute atomic E-state index is 0.402. The Balaban J connectivity index is 1.55. The van der Waals surface area contributed by atoms with Crippen molar-refractivity contribution >= 4 is 5.96 Å². The highest BCUT2D eigenvalue weighted by molar-refractivity contribution is 5.80. The summed E-state index contributed by atoms with van der Waals surface area (Å²) in [5, 5.41) is 6.90. The predicted molar refractivity (Wildman–Crippen MR) is 110 cm³/mol. The SMILES string of the molecule is CN=C(NCc1coc(-c2ccc(C)cc2)n1)NC1CN(C(C)C)CC1C. The Hall–Kier alpha value is -2.34. The van der Waals surface area contributed by atoms with Gasteiger partial charge in [0.25, 0.3) is 0 Å². The third kappa shape index (κ3) is 4.89. The van der Waals surface area contributed by atoms with Crippen LogP contribution in [0.25, 0.3) is 11.5 Å². The number of oxazole rings is 1. The second-order valence-electron chi connectivity index (χ2n) is 7.71. The van der Waals surface area contributed by atoms with Gasteiger partial charge in [-0.15, -0.1) is 0 Å². The van der Waals surface area contributed by atoms with Crippen LogP contribution in [0.15, 0.2) is 39.9 Å². The molecule has 1 aliphatic heterocycles. The van der Waals surface area contributed by atoms with Crippen molar-refractivity contribution in [3.8, 4) is 11.5 Å². The van der Waals surface area contributed by atoms with Gasteiger partial charge >= 0.3 is 0 Å². The Kier molecular flexibility index (Phi) is 6.16. The molecule has 6 nitrogen and oxygen atoms in total. The number of aliphatic imine (C=N–C) groups is 1. The van der Waals surface area contributed by atoms with Crippen LogP contribution in [0.4, 0.5) is 0 Å². The number of benzene rings is 1. The zero-order valence-corrected chi connectivity index (χ0v) is 17.0. The van der Waals surface area contributed by atoms with E-state index in [2.05, 4.69) is 65.3 Å². The van der Waals surface area contributed by atoms with E-state index in [-0.39, 0.29) is 0 Å². The molecule has 0 aliphatic carbocycles. The smallest absolute Gasteiger partial charge is 0.226 e. The third-order valence-electron chi connectivity index (χ3n) is 5.20. The Labute approximate surface area is 162 Å². The highest BCUT2D eigenvalue weighted by atomic mass is 16.3. The zero-order valence-electron chi connectivity index (χ0n) is 17.0. The molecule has 1 fully saturated rings. The molecule has 2 aromatic rings. The lowest BCUT2D eigenvalue weighted by Crippen LogP contribution is -2.46. The van der Waals surface area contributed by atoms with E-state index in [0.717, 1.165) is 30.3 Å². The number of aryl methyl sites for hydroxylation is 1. The lowest BCUT2D eigenvalue weighted by atomic mass is 10.1. The van der Waals surface area contributed by atoms with Crippen molar-refractivity contribution in [2.45, 2.75) is 46.3 Å². The highest BCUT2D eigenvalue weighted by Gasteiger charge is 2.31. The van der Waals surface area contributed by atoms with Crippen molar-refractivity contribution in [2.75, 3.05) is 20.1 Å². The first-order valence-corrected chi connectivity index (χ1v) is 9.69. The summed E-state index contributed by atoms with van der Waals surface area (Å²) in [5.74, 6) is 2.04. The molecule has 3 rings (SSSR count). The molecule has 0 saturated carbocycles. The van der Waals surface area contributed by atoms with Gasteiger partial charge in [0.05, 0.1) is 12.2 Å². The summed E-state index contributed by atoms with van der Waals surface area (Å²) in [5.41, 5.74) is 3.07. The first-order chi connectivity index (χ1) is 13.0. The molecular weight excluding hydrogens is 338 g/mol. The maximum absolute atomic E-state index is 5.63. The number of nitrogens with zero attached hydrogens (tertiary/aromatic N) is 3. The van der Waals surface area contributed by atoms with Crippen LogP contribution in [-0.4, -0.2) is 48.1 Å². The van der Waals surface area contributed by atoms with E-state index in [1.807, 2.05) is 12.1 Å². The fraction of sp³-hybridized carbons (Fsp3) is 0.524. The average Bonchev–Trinajstić information content (AvgIpc) is 3.26. The van der Waals surface area contributed by atoms with Crippen LogP contribution in [0.3, 0.4) is 0 Å². The van der Waals surface area contributed by atoms with Gasteiger partial charge in [-0.25, -0.2) is 4.98 Å². The molecule has 2 unspecified atom stereocenters. The van der Waals surface area contributed by atoms with Crippen LogP contribution < -0.4 is 10.6 Å². The van der Waals surface area contributed by atoms with Crippen molar-refractivity contribution in [1.82, 2.24) is 20.5 Å². The molecule has 2 N–H and O–H groups in total. The van der Waals surface area contributed by atoms with E-state index < -0.39 is 0 Å². The predicted octanol–water partition coefficient (Wildman–Crippen LogP) is 3.04. The van der Waals surface area contributed by atoms with Gasteiger partial charge in [0.1, 0.15) is 6.26 Å². The fourth-order valence-corrected chi connectivity index (χ4v) is 3.38. The van der Waals surface area contributed by atoms with Crippen molar-refractivity contribution in [1.29, 1.82) is 0 Å². The van der Waals surface area contributed by atoms with Crippen LogP contribution >= 0.6 is 0 Å². The van der Waals surface area contributed by atoms with E-state index in [1.165, 1.54) is 5.56 Å². The van der Waals surface area contributed by atoms with Gasteiger partial charge in [0, 0.05) is 37.8 Å². The van der Waals surface area contributed by atoms with Crippen molar-refractivity contribution in [2.24, 2.45) is 10.9 Å². The van der Waals surface area contributed by atoms with Crippen LogP contribution in [0.1, 0.15) is 32.0 Å². The quantitative estimate of drug-likeness (QED) is 0.626. The second kappa shape index (κ2) is 8.57. The molecule has 1 aliphatic rings. The van der Waals surface area contributed by atoms with E-state index >= 15 is 0 Å². The van der Waals surface area contributed by atoms with Gasteiger partial charge in [-0.2, -0.15) is 0 Å². The van der Waals surface area contributed by atoms with Crippen LogP contribution in [0.5, 0.6) is 0 Å². The standard InChI is InChI=1S/C21H31N5O/c1-14(2)26-11-16(4)19(12-26)25-21(22-5)23-10-18-13-27-20(24-18)17-8-6-15(3)7-9-17/h6-9,13-14,16,19H,10-12H2,1-5H3,(H2,22,23,25). The van der Waals surface area contributed by atoms with Crippen molar-refractivity contribution < 1.29 is 4.42 Å². The van der Waals surface area contributed by atoms with Gasteiger partial charge in [-0.1, -0.05) is 24.6 Å². The Morgan fingerprint density at radius 1 is 1.30 bits per heavy atom. The number of guanidine groups is 1. The summed E-state index contributed by atoms with van der Waals surface area (Å²) in [6, 6.07) is 9.16. The van der Waals surface area contributed by atoms with Crippen molar-refractivity contribution in [3.63, 3.8) is 0 Å². The lowest BCUT2D eigenvalue weighted by molar-refractivity contribution is 0.265. The maximum atomic E-state index is 5.63. The Morgan fingerprint density at radius 3 is 2.67 bits per heavy atom. The fourth-order valence-electron chi connectivity index (χ4n) is 3.38. The van der Waals surface area contributed by atoms with Crippen molar-refractivity contribution in [3.05, 3.63) is 41.8 Å². The zero-order chi connectivity index (χ0) is 19.4. The van der Waals surface area contributed by atoms with Gasteiger partial charge < -0.3 is 15.1 Å². The molecule has 146 valence electrons. The van der Waals surface area contributed by atoms with Gasteiger partial charge in [-0.3, -0.25) is 9.89 Å². The van der Waals surface area contributed by atoms with Crippen LogP contribution in [0.2, 0.25) is 0 Å². The lowest BCUT2D eigenvalue weighted by Gasteiger charge is -2.21. The topological polar surface area (TPSA) is 65.7 Å². The molecule has 0 spiro atoms. The minimum atomic E-state index is 0.402. The van der Waals surface area contributed by atoms with E-state index in [4.69, 9.17) is 4.42 Å². The van der Waals surface area contributed by atoms with E-state index in [9.17, 15) is 0 Å². The molecular formula is C21H31N5O. The highest BCUT2D eigenvalue weighted by Crippen LogP contribution is 2.20. The molecule has 2 atom stereocenters. The largest absolute Gasteiger partial charge is 0.444 e. The maximum Gasteiger partial charge on any atom is 0.226 e. The Bertz CT molecular complexity index is 765. The van der Waals surface area contributed by atoms with Crippen LogP contribution in [-0.2, 0) is 6.54 Å². The summed E-state index contributed by atoms with van der Waals surface area (Å²) in [7, 11) is 1.80. The summed E-state index contributed by atoms with van der Waals surface area (Å²) >= 11 is 0. The molecule has 0 bridgehead atoms. The first kappa shape index (κ1) is 19.4. The second-order valence-corrected chi connectivity index (χ2v) is 7.71. The number of likely N-dealkylation sites (tertiary alicyclic amines) is 1. The summed E-state index contributed by atoms with van der Waals surface area (Å²) in [6.45, 7) is 11.6. The average molecular weight is 370 g/mol. The van der Waals surface area contributed by atoms with Crippen LogP contribution in [0, 0.1) is 12.8 Å². The number of aromatic nitrogens is 1. The number of hydrogen-bond donors (Lipinski definition) is 2. The molecule has 1 aromatic carbocycles. The molecule has 1 saturated heterocycles. The third-order valence-corrected chi connectivity index (χ3v) is 5.20. The first-order valence-electron chi connectivity index (χ1n) is 9.69. The van der Waals surface area contributed by atoms with E-state index in [0.29, 0.717) is 30.4 Å². The molecule has 27 heavy (non-hydrogen) atoms. The summed E-state index contributed by atoms with van der Waals surface area (Å²) in [6.07, 6.45) is 1.70. The molecule has 2 heterocycles. The molecule has 6 heteroatoms. The van der Waals surface area contributed by atoms with Gasteiger partial charge in [-0.05, 0) is 38.8 Å². The molecule has 1 aromatic heterocycles. The minimum Gasteiger partial charge on any atom is -0.444 e. The Morgan fingerprint density at radius 2 is 2.04 bits per heavy atom. The summed E-state index contributed by atoms with van der Waals surface area (Å²) < 4.78 is 5.63. The normalized spacial score (nSPS) is 21.0. The monoisotopic (exact) mass is 369 g/mol. The number of nitrogens with one attached hydrogen (secondary N) is 2.